The zero-order chi connectivity index (χ0) is 7.28. The first-order chi connectivity index (χ1) is 4.20. The van der Waals surface area contributed by atoms with Crippen molar-refractivity contribution in [3.8, 4) is 0 Å². The molecule has 54 valence electrons. The lowest BCUT2D eigenvalue weighted by Crippen LogP contribution is -2.10. The summed E-state index contributed by atoms with van der Waals surface area (Å²) in [5.74, 6) is -2.13. The summed E-state index contributed by atoms with van der Waals surface area (Å²) < 4.78 is 15.0. The second-order valence-corrected chi connectivity index (χ2v) is 1.13. The Labute approximate surface area is 73.4 Å². The molecule has 0 aromatic rings. The van der Waals surface area contributed by atoms with Crippen LogP contribution in [0.4, 0.5) is 4.39 Å². The molecule has 0 bridgehead atoms. The van der Waals surface area contributed by atoms with Crippen molar-refractivity contribution in [3.05, 3.63) is 12.7 Å². The molecule has 0 atom stereocenters. The Morgan fingerprint density at radius 2 is 2.10 bits per heavy atom. The maximum Gasteiger partial charge on any atom is 0.345 e. The summed E-state index contributed by atoms with van der Waals surface area (Å²) in [5.41, 5.74) is 0. The SMILES string of the molecule is C=CC(=O)OC(=O)CF.[MgH2]. The minimum Gasteiger partial charge on any atom is -0.388 e. The van der Waals surface area contributed by atoms with Gasteiger partial charge in [0, 0.05) is 6.08 Å². The van der Waals surface area contributed by atoms with Crippen molar-refractivity contribution in [2.75, 3.05) is 6.67 Å². The largest absolute Gasteiger partial charge is 0.388 e. The fourth-order valence-corrected chi connectivity index (χ4v) is 0.181. The highest BCUT2D eigenvalue weighted by Crippen LogP contribution is 1.81. The van der Waals surface area contributed by atoms with E-state index in [2.05, 4.69) is 11.3 Å². The minimum atomic E-state index is -1.29. The highest BCUT2D eigenvalue weighted by atomic mass is 24.3. The molecule has 0 aliphatic carbocycles. The van der Waals surface area contributed by atoms with Gasteiger partial charge < -0.3 is 4.74 Å². The average molecular weight is 158 g/mol. The molecule has 0 heterocycles. The fraction of sp³-hybridized carbons (Fsp3) is 0.200. The second kappa shape index (κ2) is 6.69. The van der Waals surface area contributed by atoms with E-state index in [1.807, 2.05) is 0 Å². The quantitative estimate of drug-likeness (QED) is 0.231. The van der Waals surface area contributed by atoms with Gasteiger partial charge in [-0.3, -0.25) is 0 Å². The summed E-state index contributed by atoms with van der Waals surface area (Å²) >= 11 is 0. The smallest absolute Gasteiger partial charge is 0.345 e. The van der Waals surface area contributed by atoms with Crippen LogP contribution in [0.3, 0.4) is 0 Å². The Hall–Kier alpha value is -0.424. The Morgan fingerprint density at radius 3 is 2.40 bits per heavy atom. The van der Waals surface area contributed by atoms with Crippen LogP contribution >= 0.6 is 0 Å². The number of halogens is 1. The predicted molar refractivity (Wildman–Crippen MR) is 35.8 cm³/mol. The van der Waals surface area contributed by atoms with Crippen molar-refractivity contribution >= 4 is 35.0 Å². The number of ether oxygens (including phenoxy) is 1. The van der Waals surface area contributed by atoms with E-state index in [0.29, 0.717) is 0 Å². The first kappa shape index (κ1) is 12.3. The maximum atomic E-state index is 11.2. The van der Waals surface area contributed by atoms with Gasteiger partial charge in [-0.2, -0.15) is 0 Å². The Kier molecular flexibility index (Phi) is 8.21. The van der Waals surface area contributed by atoms with Gasteiger partial charge in [-0.25, -0.2) is 14.0 Å². The molecule has 0 amide bonds. The van der Waals surface area contributed by atoms with Gasteiger partial charge in [0.15, 0.2) is 6.67 Å². The third-order valence-electron chi connectivity index (χ3n) is 0.490. The van der Waals surface area contributed by atoms with Crippen LogP contribution < -0.4 is 0 Å². The van der Waals surface area contributed by atoms with Crippen LogP contribution in [0.25, 0.3) is 0 Å². The van der Waals surface area contributed by atoms with Crippen LogP contribution in [0.5, 0.6) is 0 Å². The summed E-state index contributed by atoms with van der Waals surface area (Å²) in [6, 6.07) is 0. The molecule has 10 heavy (non-hydrogen) atoms. The monoisotopic (exact) mass is 158 g/mol. The number of carbonyl (C=O) groups is 2. The normalized spacial score (nSPS) is 7.30. The fourth-order valence-electron chi connectivity index (χ4n) is 0.181. The number of rotatable bonds is 2. The molecule has 0 radical (unpaired) electrons. The Morgan fingerprint density at radius 1 is 1.60 bits per heavy atom. The topological polar surface area (TPSA) is 43.4 Å². The highest BCUT2D eigenvalue weighted by molar-refractivity contribution is 5.91. The molecule has 0 rings (SSSR count). The Balaban J connectivity index is 0. The van der Waals surface area contributed by atoms with Gasteiger partial charge >= 0.3 is 35.0 Å². The van der Waals surface area contributed by atoms with Crippen LogP contribution in [0.1, 0.15) is 0 Å². The first-order valence-electron chi connectivity index (χ1n) is 2.13. The molecule has 0 saturated heterocycles. The Bertz CT molecular complexity index is 146. The summed E-state index contributed by atoms with van der Waals surface area (Å²) in [5, 5.41) is 0. The number of hydrogen-bond acceptors (Lipinski definition) is 3. The van der Waals surface area contributed by atoms with Crippen molar-refractivity contribution in [3.63, 3.8) is 0 Å². The van der Waals surface area contributed by atoms with Crippen LogP contribution in [0.2, 0.25) is 0 Å². The van der Waals surface area contributed by atoms with E-state index in [-0.39, 0.29) is 23.1 Å². The lowest BCUT2D eigenvalue weighted by atomic mass is 10.6. The van der Waals surface area contributed by atoms with Gasteiger partial charge in [0.05, 0.1) is 0 Å². The lowest BCUT2D eigenvalue weighted by molar-refractivity contribution is -0.156. The van der Waals surface area contributed by atoms with Crippen molar-refractivity contribution in [1.29, 1.82) is 0 Å². The average Bonchev–Trinajstić information content (AvgIpc) is 1.87. The van der Waals surface area contributed by atoms with Crippen LogP contribution in [0.15, 0.2) is 12.7 Å². The number of esters is 2. The van der Waals surface area contributed by atoms with E-state index in [4.69, 9.17) is 0 Å². The molecule has 0 unspecified atom stereocenters. The maximum absolute atomic E-state index is 11.2. The summed E-state index contributed by atoms with van der Waals surface area (Å²) in [4.78, 5) is 20.0. The van der Waals surface area contributed by atoms with E-state index in [1.54, 1.807) is 0 Å². The highest BCUT2D eigenvalue weighted by Gasteiger charge is 2.04. The molecule has 3 nitrogen and oxygen atoms in total. The number of alkyl halides is 1. The lowest BCUT2D eigenvalue weighted by Gasteiger charge is -1.91. The molecular formula is C5H7FMgO3. The van der Waals surface area contributed by atoms with E-state index in [0.717, 1.165) is 6.08 Å². The van der Waals surface area contributed by atoms with Crippen molar-refractivity contribution in [1.82, 2.24) is 0 Å². The third-order valence-corrected chi connectivity index (χ3v) is 0.490. The van der Waals surface area contributed by atoms with Gasteiger partial charge in [-0.1, -0.05) is 6.58 Å². The number of carbonyl (C=O) groups excluding carboxylic acids is 2. The summed E-state index contributed by atoms with van der Waals surface area (Å²) in [7, 11) is 0. The molecule has 5 heteroatoms. The zero-order valence-electron chi connectivity index (χ0n) is 4.59. The predicted octanol–water partition coefficient (Wildman–Crippen LogP) is -0.705. The molecule has 0 spiro atoms. The first-order valence-corrected chi connectivity index (χ1v) is 2.13. The van der Waals surface area contributed by atoms with E-state index >= 15 is 0 Å². The summed E-state index contributed by atoms with van der Waals surface area (Å²) in [6.07, 6.45) is 0.785. The van der Waals surface area contributed by atoms with Gasteiger partial charge in [-0.15, -0.1) is 0 Å². The van der Waals surface area contributed by atoms with E-state index in [1.165, 1.54) is 0 Å². The van der Waals surface area contributed by atoms with Gasteiger partial charge in [-0.05, 0) is 0 Å². The van der Waals surface area contributed by atoms with Crippen molar-refractivity contribution in [2.24, 2.45) is 0 Å². The third kappa shape index (κ3) is 5.71. The standard InChI is InChI=1S/C5H5FO3.Mg.2H/c1-2-4(7)9-5(8)3-6;;;/h2H,1,3H2;;;. The second-order valence-electron chi connectivity index (χ2n) is 1.13. The zero-order valence-corrected chi connectivity index (χ0v) is 4.59. The van der Waals surface area contributed by atoms with Crippen LogP contribution in [-0.4, -0.2) is 41.7 Å². The molecule has 0 fully saturated rings. The van der Waals surface area contributed by atoms with Crippen LogP contribution in [-0.2, 0) is 14.3 Å². The molecule has 0 aliphatic heterocycles. The van der Waals surface area contributed by atoms with E-state index < -0.39 is 18.6 Å². The molecule has 0 N–H and O–H groups in total. The van der Waals surface area contributed by atoms with Crippen molar-refractivity contribution in [2.45, 2.75) is 0 Å². The molecule has 0 aromatic carbocycles. The van der Waals surface area contributed by atoms with Crippen molar-refractivity contribution < 1.29 is 18.7 Å². The van der Waals surface area contributed by atoms with E-state index in [9.17, 15) is 14.0 Å². The van der Waals surface area contributed by atoms with Gasteiger partial charge in [0.2, 0.25) is 0 Å². The minimum absolute atomic E-state index is 0. The van der Waals surface area contributed by atoms with Gasteiger partial charge in [0.25, 0.3) is 0 Å². The van der Waals surface area contributed by atoms with Gasteiger partial charge in [0.1, 0.15) is 0 Å². The molecule has 0 saturated carbocycles. The number of hydrogen-bond donors (Lipinski definition) is 0. The molecular weight excluding hydrogens is 151 g/mol. The summed E-state index contributed by atoms with van der Waals surface area (Å²) in [6.45, 7) is 1.71. The van der Waals surface area contributed by atoms with Crippen LogP contribution in [0, 0.1) is 0 Å². The molecule has 0 aromatic heterocycles. The molecule has 0 aliphatic rings.